The first kappa shape index (κ1) is 19.7. The molecule has 2 saturated carbocycles. The maximum absolute atomic E-state index is 13.0. The number of hydrogen-bond acceptors (Lipinski definition) is 4. The normalized spacial score (nSPS) is 25.1. The zero-order valence-corrected chi connectivity index (χ0v) is 17.5. The predicted octanol–water partition coefficient (Wildman–Crippen LogP) is 5.09. The summed E-state index contributed by atoms with van der Waals surface area (Å²) < 4.78 is 11.4. The summed E-state index contributed by atoms with van der Waals surface area (Å²) in [5.74, 6) is 0.0470. The summed E-state index contributed by atoms with van der Waals surface area (Å²) in [7, 11) is 0. The summed E-state index contributed by atoms with van der Waals surface area (Å²) in [5, 5.41) is 0. The quantitative estimate of drug-likeness (QED) is 0.537. The van der Waals surface area contributed by atoms with Crippen molar-refractivity contribution in [1.29, 1.82) is 0 Å². The Morgan fingerprint density at radius 1 is 0.690 bits per heavy atom. The summed E-state index contributed by atoms with van der Waals surface area (Å²) >= 11 is 0. The van der Waals surface area contributed by atoms with Crippen LogP contribution in [0.1, 0.15) is 41.5 Å². The van der Waals surface area contributed by atoms with Gasteiger partial charge < -0.3 is 9.47 Å². The van der Waals surface area contributed by atoms with E-state index in [0.29, 0.717) is 11.5 Å². The Morgan fingerprint density at radius 3 is 1.48 bits per heavy atom. The molecule has 2 aliphatic rings. The van der Waals surface area contributed by atoms with E-state index in [-0.39, 0.29) is 23.8 Å². The average Bonchev–Trinajstić information content (AvgIpc) is 3.29. The van der Waals surface area contributed by atoms with Crippen LogP contribution >= 0.6 is 0 Å². The Kier molecular flexibility index (Phi) is 5.20. The number of benzene rings is 2. The van der Waals surface area contributed by atoms with E-state index in [1.165, 1.54) is 0 Å². The van der Waals surface area contributed by atoms with Crippen molar-refractivity contribution >= 4 is 11.9 Å². The predicted molar refractivity (Wildman–Crippen MR) is 111 cm³/mol. The first-order chi connectivity index (χ1) is 13.8. The monoisotopic (exact) mass is 392 g/mol. The molecule has 4 unspecified atom stereocenters. The van der Waals surface area contributed by atoms with Crippen molar-refractivity contribution in [1.82, 2.24) is 0 Å². The molecule has 2 aromatic carbocycles. The fraction of sp³-hybridized carbons (Fsp3) is 0.440. The van der Waals surface area contributed by atoms with Gasteiger partial charge in [0.15, 0.2) is 0 Å². The van der Waals surface area contributed by atoms with Crippen molar-refractivity contribution < 1.29 is 19.1 Å². The third-order valence-electron chi connectivity index (χ3n) is 6.85. The fourth-order valence-electron chi connectivity index (χ4n) is 4.89. The Bertz CT molecular complexity index is 884. The van der Waals surface area contributed by atoms with Crippen LogP contribution in [0.2, 0.25) is 0 Å². The van der Waals surface area contributed by atoms with Gasteiger partial charge in [-0.25, -0.2) is 0 Å². The Balaban J connectivity index is 1.52. The average molecular weight is 392 g/mol. The molecular weight excluding hydrogens is 364 g/mol. The molecule has 4 rings (SSSR count). The van der Waals surface area contributed by atoms with E-state index in [2.05, 4.69) is 0 Å². The van der Waals surface area contributed by atoms with Crippen molar-refractivity contribution in [3.63, 3.8) is 0 Å². The SMILES string of the molecule is Cc1ccc(OC(=O)C2C3CCC(C3)C2C(=O)Oc2ccc(C)c(C)c2)cc1C. The second-order valence-corrected chi connectivity index (χ2v) is 8.72. The highest BCUT2D eigenvalue weighted by molar-refractivity contribution is 5.86. The van der Waals surface area contributed by atoms with Gasteiger partial charge in [-0.05, 0) is 105 Å². The standard InChI is InChI=1S/C25H28O4/c1-14-5-9-20(11-16(14)3)28-24(26)22-18-7-8-19(13-18)23(22)25(27)29-21-10-6-15(2)17(4)12-21/h5-6,9-12,18-19,22-23H,7-8,13H2,1-4H3. The molecule has 152 valence electrons. The van der Waals surface area contributed by atoms with Gasteiger partial charge in [0.05, 0.1) is 11.8 Å². The first-order valence-electron chi connectivity index (χ1n) is 10.4. The van der Waals surface area contributed by atoms with E-state index in [4.69, 9.17) is 9.47 Å². The van der Waals surface area contributed by atoms with Gasteiger partial charge in [-0.2, -0.15) is 0 Å². The molecule has 0 amide bonds. The van der Waals surface area contributed by atoms with Crippen LogP contribution in [0.3, 0.4) is 0 Å². The molecule has 29 heavy (non-hydrogen) atoms. The Labute approximate surface area is 172 Å². The molecule has 0 aromatic heterocycles. The summed E-state index contributed by atoms with van der Waals surface area (Å²) in [6.07, 6.45) is 2.86. The Morgan fingerprint density at radius 2 is 1.10 bits per heavy atom. The van der Waals surface area contributed by atoms with Crippen LogP contribution in [-0.4, -0.2) is 11.9 Å². The minimum Gasteiger partial charge on any atom is -0.426 e. The van der Waals surface area contributed by atoms with Gasteiger partial charge in [-0.1, -0.05) is 12.1 Å². The van der Waals surface area contributed by atoms with Crippen LogP contribution in [0.15, 0.2) is 36.4 Å². The molecule has 4 atom stereocenters. The van der Waals surface area contributed by atoms with E-state index in [1.807, 2.05) is 64.1 Å². The van der Waals surface area contributed by atoms with Gasteiger partial charge >= 0.3 is 11.9 Å². The zero-order chi connectivity index (χ0) is 20.7. The summed E-state index contributed by atoms with van der Waals surface area (Å²) in [6.45, 7) is 8.03. The van der Waals surface area contributed by atoms with Crippen molar-refractivity contribution in [2.45, 2.75) is 47.0 Å². The van der Waals surface area contributed by atoms with Gasteiger partial charge in [-0.15, -0.1) is 0 Å². The fourth-order valence-corrected chi connectivity index (χ4v) is 4.89. The van der Waals surface area contributed by atoms with Crippen molar-refractivity contribution in [3.8, 4) is 11.5 Å². The van der Waals surface area contributed by atoms with E-state index in [9.17, 15) is 9.59 Å². The van der Waals surface area contributed by atoms with Crippen LogP contribution in [0.5, 0.6) is 11.5 Å². The maximum atomic E-state index is 13.0. The van der Waals surface area contributed by atoms with E-state index < -0.39 is 11.8 Å². The second-order valence-electron chi connectivity index (χ2n) is 8.72. The maximum Gasteiger partial charge on any atom is 0.315 e. The highest BCUT2D eigenvalue weighted by atomic mass is 16.5. The lowest BCUT2D eigenvalue weighted by Crippen LogP contribution is -2.39. The molecule has 0 heterocycles. The van der Waals surface area contributed by atoms with Crippen LogP contribution in [0.25, 0.3) is 0 Å². The number of aryl methyl sites for hydroxylation is 4. The van der Waals surface area contributed by atoms with Crippen LogP contribution in [-0.2, 0) is 9.59 Å². The van der Waals surface area contributed by atoms with Crippen molar-refractivity contribution in [2.75, 3.05) is 0 Å². The van der Waals surface area contributed by atoms with Crippen molar-refractivity contribution in [2.24, 2.45) is 23.7 Å². The minimum absolute atomic E-state index is 0.205. The smallest absolute Gasteiger partial charge is 0.315 e. The first-order valence-corrected chi connectivity index (χ1v) is 10.4. The molecular formula is C25H28O4. The molecule has 4 nitrogen and oxygen atoms in total. The molecule has 0 radical (unpaired) electrons. The topological polar surface area (TPSA) is 52.6 Å². The molecule has 2 bridgehead atoms. The number of rotatable bonds is 4. The van der Waals surface area contributed by atoms with Gasteiger partial charge in [0.1, 0.15) is 11.5 Å². The highest BCUT2D eigenvalue weighted by Crippen LogP contribution is 2.53. The van der Waals surface area contributed by atoms with E-state index >= 15 is 0 Å². The molecule has 0 N–H and O–H groups in total. The molecule has 2 aromatic rings. The molecule has 2 aliphatic carbocycles. The largest absolute Gasteiger partial charge is 0.426 e. The van der Waals surface area contributed by atoms with Gasteiger partial charge in [0, 0.05) is 0 Å². The van der Waals surface area contributed by atoms with Crippen LogP contribution in [0, 0.1) is 51.4 Å². The third kappa shape index (κ3) is 3.81. The number of carbonyl (C=O) groups excluding carboxylic acids is 2. The summed E-state index contributed by atoms with van der Waals surface area (Å²) in [4.78, 5) is 26.1. The number of ether oxygens (including phenoxy) is 2. The summed E-state index contributed by atoms with van der Waals surface area (Å²) in [6, 6.07) is 11.3. The highest BCUT2D eigenvalue weighted by Gasteiger charge is 2.55. The van der Waals surface area contributed by atoms with E-state index in [1.54, 1.807) is 0 Å². The number of carbonyl (C=O) groups is 2. The lowest BCUT2D eigenvalue weighted by Gasteiger charge is -2.27. The number of esters is 2. The lowest BCUT2D eigenvalue weighted by molar-refractivity contribution is -0.152. The minimum atomic E-state index is -0.422. The molecule has 0 aliphatic heterocycles. The van der Waals surface area contributed by atoms with Crippen LogP contribution < -0.4 is 9.47 Å². The Hall–Kier alpha value is -2.62. The van der Waals surface area contributed by atoms with Gasteiger partial charge in [0.2, 0.25) is 0 Å². The second kappa shape index (κ2) is 7.66. The molecule has 4 heteroatoms. The van der Waals surface area contributed by atoms with E-state index in [0.717, 1.165) is 41.5 Å². The lowest BCUT2D eigenvalue weighted by atomic mass is 9.79. The summed E-state index contributed by atoms with van der Waals surface area (Å²) in [5.41, 5.74) is 4.46. The molecule has 0 spiro atoms. The molecule has 0 saturated heterocycles. The third-order valence-corrected chi connectivity index (χ3v) is 6.85. The number of fused-ring (bicyclic) bond motifs is 2. The van der Waals surface area contributed by atoms with Crippen molar-refractivity contribution in [3.05, 3.63) is 58.7 Å². The van der Waals surface area contributed by atoms with Gasteiger partial charge in [-0.3, -0.25) is 9.59 Å². The zero-order valence-electron chi connectivity index (χ0n) is 17.5. The molecule has 2 fully saturated rings. The van der Waals surface area contributed by atoms with Crippen LogP contribution in [0.4, 0.5) is 0 Å². The number of hydrogen-bond donors (Lipinski definition) is 0. The van der Waals surface area contributed by atoms with Gasteiger partial charge in [0.25, 0.3) is 0 Å².